The molecule has 0 aromatic heterocycles. The van der Waals surface area contributed by atoms with Crippen LogP contribution in [-0.4, -0.2) is 36.2 Å². The molecule has 0 radical (unpaired) electrons. The van der Waals surface area contributed by atoms with Gasteiger partial charge in [-0.25, -0.2) is 0 Å². The molecule has 1 amide bonds. The van der Waals surface area contributed by atoms with Crippen molar-refractivity contribution in [1.29, 1.82) is 0 Å². The predicted molar refractivity (Wildman–Crippen MR) is 80.5 cm³/mol. The summed E-state index contributed by atoms with van der Waals surface area (Å²) in [6.45, 7) is 1.35. The highest BCUT2D eigenvalue weighted by Gasteiger charge is 2.19. The molecule has 0 aromatic carbocycles. The van der Waals surface area contributed by atoms with Crippen molar-refractivity contribution >= 4 is 5.91 Å². The average molecular weight is 282 g/mol. The lowest BCUT2D eigenvalue weighted by atomic mass is 9.87. The summed E-state index contributed by atoms with van der Waals surface area (Å²) in [5.74, 6) is 0.775. The third-order valence-corrected chi connectivity index (χ3v) is 4.76. The molecule has 0 unspecified atom stereocenters. The van der Waals surface area contributed by atoms with Crippen molar-refractivity contribution in [2.24, 2.45) is 5.92 Å². The number of amides is 1. The van der Waals surface area contributed by atoms with Crippen LogP contribution in [0.5, 0.6) is 0 Å². The fraction of sp³-hybridized carbons (Fsp3) is 0.938. The quantitative estimate of drug-likeness (QED) is 0.676. The topological polar surface area (TPSA) is 61.4 Å². The summed E-state index contributed by atoms with van der Waals surface area (Å²) in [7, 11) is 0. The molecule has 3 N–H and O–H groups in total. The number of aliphatic hydroxyl groups is 1. The third kappa shape index (κ3) is 5.80. The lowest BCUT2D eigenvalue weighted by Gasteiger charge is -2.25. The van der Waals surface area contributed by atoms with Gasteiger partial charge in [-0.2, -0.15) is 0 Å². The van der Waals surface area contributed by atoms with E-state index in [-0.39, 0.29) is 12.0 Å². The van der Waals surface area contributed by atoms with Crippen LogP contribution in [0.25, 0.3) is 0 Å². The zero-order chi connectivity index (χ0) is 14.2. The smallest absolute Gasteiger partial charge is 0.234 e. The van der Waals surface area contributed by atoms with E-state index in [0.717, 1.165) is 45.1 Å². The Balaban J connectivity index is 1.55. The number of carbonyl (C=O) groups excluding carboxylic acids is 1. The van der Waals surface area contributed by atoms with E-state index < -0.39 is 0 Å². The summed E-state index contributed by atoms with van der Waals surface area (Å²) < 4.78 is 0. The fourth-order valence-electron chi connectivity index (χ4n) is 3.44. The molecular formula is C16H30N2O2. The number of aliphatic hydroxyl groups excluding tert-OH is 1. The Morgan fingerprint density at radius 3 is 2.25 bits per heavy atom. The van der Waals surface area contributed by atoms with Crippen molar-refractivity contribution in [3.05, 3.63) is 0 Å². The van der Waals surface area contributed by atoms with Crippen LogP contribution in [0.3, 0.4) is 0 Å². The minimum absolute atomic E-state index is 0.0928. The Labute approximate surface area is 122 Å². The molecule has 4 heteroatoms. The summed E-state index contributed by atoms with van der Waals surface area (Å²) in [6.07, 6.45) is 11.3. The molecule has 0 spiro atoms. The maximum absolute atomic E-state index is 11.9. The Morgan fingerprint density at radius 1 is 0.950 bits per heavy atom. The van der Waals surface area contributed by atoms with Gasteiger partial charge in [-0.3, -0.25) is 4.79 Å². The molecule has 0 heterocycles. The zero-order valence-electron chi connectivity index (χ0n) is 12.6. The first-order valence-electron chi connectivity index (χ1n) is 8.42. The van der Waals surface area contributed by atoms with E-state index in [9.17, 15) is 9.90 Å². The van der Waals surface area contributed by atoms with Crippen molar-refractivity contribution in [3.8, 4) is 0 Å². The maximum Gasteiger partial charge on any atom is 0.234 e. The summed E-state index contributed by atoms with van der Waals surface area (Å²) in [5.41, 5.74) is 0. The van der Waals surface area contributed by atoms with E-state index in [2.05, 4.69) is 10.6 Å². The highest BCUT2D eigenvalue weighted by atomic mass is 16.3. The second-order valence-corrected chi connectivity index (χ2v) is 6.56. The summed E-state index contributed by atoms with van der Waals surface area (Å²) in [5, 5.41) is 15.9. The fourth-order valence-corrected chi connectivity index (χ4v) is 3.44. The number of hydrogen-bond donors (Lipinski definition) is 3. The van der Waals surface area contributed by atoms with Gasteiger partial charge in [-0.15, -0.1) is 0 Å². The van der Waals surface area contributed by atoms with Gasteiger partial charge < -0.3 is 15.7 Å². The maximum atomic E-state index is 11.9. The Hall–Kier alpha value is -0.610. The second-order valence-electron chi connectivity index (χ2n) is 6.56. The molecule has 0 atom stereocenters. The van der Waals surface area contributed by atoms with E-state index in [1.165, 1.54) is 25.7 Å². The van der Waals surface area contributed by atoms with Gasteiger partial charge in [0.15, 0.2) is 0 Å². The minimum atomic E-state index is -0.0928. The molecule has 116 valence electrons. The van der Waals surface area contributed by atoms with Gasteiger partial charge in [0.2, 0.25) is 5.91 Å². The van der Waals surface area contributed by atoms with Gasteiger partial charge in [-0.05, 0) is 51.0 Å². The molecule has 2 aliphatic rings. The number of rotatable bonds is 5. The van der Waals surface area contributed by atoms with Crippen molar-refractivity contribution in [2.75, 3.05) is 13.1 Å². The number of nitrogens with one attached hydrogen (secondary N) is 2. The van der Waals surface area contributed by atoms with Crippen LogP contribution < -0.4 is 10.6 Å². The standard InChI is InChI=1S/C16H30N2O2/c19-15-9-7-13(8-10-15)11-17-12-16(20)18-14-5-3-1-2-4-6-14/h13-15,17,19H,1-12H2,(H,18,20). The Morgan fingerprint density at radius 2 is 1.60 bits per heavy atom. The molecule has 2 fully saturated rings. The molecule has 0 aromatic rings. The molecule has 0 aliphatic heterocycles. The van der Waals surface area contributed by atoms with E-state index in [0.29, 0.717) is 18.5 Å². The van der Waals surface area contributed by atoms with Gasteiger partial charge in [0.05, 0.1) is 12.6 Å². The average Bonchev–Trinajstić information content (AvgIpc) is 2.70. The van der Waals surface area contributed by atoms with E-state index in [1.807, 2.05) is 0 Å². The van der Waals surface area contributed by atoms with E-state index in [4.69, 9.17) is 0 Å². The molecule has 0 bridgehead atoms. The molecule has 4 nitrogen and oxygen atoms in total. The Kier molecular flexibility index (Phi) is 6.80. The van der Waals surface area contributed by atoms with Crippen molar-refractivity contribution in [1.82, 2.24) is 10.6 Å². The van der Waals surface area contributed by atoms with Crippen LogP contribution in [-0.2, 0) is 4.79 Å². The summed E-state index contributed by atoms with van der Waals surface area (Å²) in [6, 6.07) is 0.400. The van der Waals surface area contributed by atoms with Crippen molar-refractivity contribution in [3.63, 3.8) is 0 Å². The van der Waals surface area contributed by atoms with Crippen molar-refractivity contribution in [2.45, 2.75) is 76.4 Å². The highest BCUT2D eigenvalue weighted by molar-refractivity contribution is 5.78. The molecular weight excluding hydrogens is 252 g/mol. The highest BCUT2D eigenvalue weighted by Crippen LogP contribution is 2.23. The first-order chi connectivity index (χ1) is 9.74. The van der Waals surface area contributed by atoms with Gasteiger partial charge in [0.25, 0.3) is 0 Å². The minimum Gasteiger partial charge on any atom is -0.393 e. The van der Waals surface area contributed by atoms with Crippen LogP contribution in [0.15, 0.2) is 0 Å². The number of carbonyl (C=O) groups is 1. The first-order valence-corrected chi connectivity index (χ1v) is 8.42. The molecule has 20 heavy (non-hydrogen) atoms. The van der Waals surface area contributed by atoms with Crippen LogP contribution in [0.2, 0.25) is 0 Å². The molecule has 0 saturated heterocycles. The SMILES string of the molecule is O=C(CNCC1CCC(O)CC1)NC1CCCCCC1. The molecule has 2 aliphatic carbocycles. The first kappa shape index (κ1) is 15.8. The van der Waals surface area contributed by atoms with Crippen LogP contribution >= 0.6 is 0 Å². The molecule has 2 saturated carbocycles. The Bertz CT molecular complexity index is 280. The van der Waals surface area contributed by atoms with Gasteiger partial charge >= 0.3 is 0 Å². The summed E-state index contributed by atoms with van der Waals surface area (Å²) >= 11 is 0. The van der Waals surface area contributed by atoms with Crippen LogP contribution in [0.4, 0.5) is 0 Å². The normalized spacial score (nSPS) is 28.9. The van der Waals surface area contributed by atoms with Crippen LogP contribution in [0.1, 0.15) is 64.2 Å². The zero-order valence-corrected chi connectivity index (χ0v) is 12.6. The summed E-state index contributed by atoms with van der Waals surface area (Å²) in [4.78, 5) is 11.9. The molecule has 2 rings (SSSR count). The van der Waals surface area contributed by atoms with E-state index in [1.54, 1.807) is 0 Å². The third-order valence-electron chi connectivity index (χ3n) is 4.76. The van der Waals surface area contributed by atoms with Gasteiger partial charge in [0, 0.05) is 6.04 Å². The second kappa shape index (κ2) is 8.63. The van der Waals surface area contributed by atoms with Crippen molar-refractivity contribution < 1.29 is 9.90 Å². The van der Waals surface area contributed by atoms with Gasteiger partial charge in [0.1, 0.15) is 0 Å². The monoisotopic (exact) mass is 282 g/mol. The van der Waals surface area contributed by atoms with Gasteiger partial charge in [-0.1, -0.05) is 25.7 Å². The lowest BCUT2D eigenvalue weighted by molar-refractivity contribution is -0.121. The number of hydrogen-bond acceptors (Lipinski definition) is 3. The predicted octanol–water partition coefficient (Wildman–Crippen LogP) is 1.97. The largest absolute Gasteiger partial charge is 0.393 e. The van der Waals surface area contributed by atoms with Crippen LogP contribution in [0, 0.1) is 5.92 Å². The lowest BCUT2D eigenvalue weighted by Crippen LogP contribution is -2.41. The van der Waals surface area contributed by atoms with E-state index >= 15 is 0 Å².